The Kier molecular flexibility index (Phi) is 5.23. The third-order valence-electron chi connectivity index (χ3n) is 4.78. The Labute approximate surface area is 148 Å². The van der Waals surface area contributed by atoms with Crippen LogP contribution in [0.2, 0.25) is 0 Å². The van der Waals surface area contributed by atoms with Gasteiger partial charge in [-0.25, -0.2) is 0 Å². The van der Waals surface area contributed by atoms with Gasteiger partial charge in [0.1, 0.15) is 0 Å². The number of H-pyrrole nitrogens is 1. The van der Waals surface area contributed by atoms with Crippen LogP contribution in [-0.2, 0) is 11.3 Å². The van der Waals surface area contributed by atoms with E-state index in [1.807, 2.05) is 30.0 Å². The standard InChI is InChI=1S/C20H27N3O2/c1-14(2)10-19(24)23-8-6-22(7-9-23)13-17-12-16-5-4-15(3)11-18(16)21-20(17)25/h4-5,11-12,14H,6-10,13H2,1-3H3,(H,21,25). The van der Waals surface area contributed by atoms with E-state index in [1.54, 1.807) is 0 Å². The van der Waals surface area contributed by atoms with Crippen LogP contribution >= 0.6 is 0 Å². The predicted octanol–water partition coefficient (Wildman–Crippen LogP) is 2.53. The number of benzene rings is 1. The molecule has 0 unspecified atom stereocenters. The molecule has 1 aromatic carbocycles. The first-order valence-corrected chi connectivity index (χ1v) is 9.05. The molecule has 134 valence electrons. The van der Waals surface area contributed by atoms with E-state index in [1.165, 1.54) is 0 Å². The van der Waals surface area contributed by atoms with Crippen LogP contribution in [0.1, 0.15) is 31.4 Å². The summed E-state index contributed by atoms with van der Waals surface area (Å²) < 4.78 is 0. The second kappa shape index (κ2) is 7.40. The van der Waals surface area contributed by atoms with Gasteiger partial charge in [0.05, 0.1) is 0 Å². The molecule has 0 radical (unpaired) electrons. The lowest BCUT2D eigenvalue weighted by Crippen LogP contribution is -2.48. The van der Waals surface area contributed by atoms with Gasteiger partial charge in [0.2, 0.25) is 5.91 Å². The van der Waals surface area contributed by atoms with Gasteiger partial charge in [-0.15, -0.1) is 0 Å². The van der Waals surface area contributed by atoms with Crippen molar-refractivity contribution < 1.29 is 4.79 Å². The van der Waals surface area contributed by atoms with Crippen LogP contribution in [0.3, 0.4) is 0 Å². The minimum Gasteiger partial charge on any atom is -0.340 e. The number of nitrogens with one attached hydrogen (secondary N) is 1. The third-order valence-corrected chi connectivity index (χ3v) is 4.78. The summed E-state index contributed by atoms with van der Waals surface area (Å²) in [6.45, 7) is 9.91. The predicted molar refractivity (Wildman–Crippen MR) is 101 cm³/mol. The van der Waals surface area contributed by atoms with Gasteiger partial charge >= 0.3 is 0 Å². The van der Waals surface area contributed by atoms with E-state index in [-0.39, 0.29) is 11.5 Å². The quantitative estimate of drug-likeness (QED) is 0.930. The Morgan fingerprint density at radius 3 is 2.56 bits per heavy atom. The van der Waals surface area contributed by atoms with E-state index in [0.717, 1.165) is 48.2 Å². The molecule has 5 nitrogen and oxygen atoms in total. The number of aromatic nitrogens is 1. The van der Waals surface area contributed by atoms with Crippen LogP contribution in [0.15, 0.2) is 29.1 Å². The summed E-state index contributed by atoms with van der Waals surface area (Å²) in [4.78, 5) is 31.7. The van der Waals surface area contributed by atoms with Gasteiger partial charge in [-0.2, -0.15) is 0 Å². The zero-order chi connectivity index (χ0) is 18.0. The average Bonchev–Trinajstić information content (AvgIpc) is 2.56. The monoisotopic (exact) mass is 341 g/mol. The molecule has 2 aromatic rings. The van der Waals surface area contributed by atoms with Crippen LogP contribution in [0.5, 0.6) is 0 Å². The molecule has 0 bridgehead atoms. The molecule has 1 aliphatic heterocycles. The summed E-state index contributed by atoms with van der Waals surface area (Å²) >= 11 is 0. The zero-order valence-electron chi connectivity index (χ0n) is 15.3. The molecule has 1 amide bonds. The molecule has 3 rings (SSSR count). The van der Waals surface area contributed by atoms with Gasteiger partial charge in [-0.3, -0.25) is 14.5 Å². The number of piperazine rings is 1. The summed E-state index contributed by atoms with van der Waals surface area (Å²) in [6.07, 6.45) is 0.615. The molecular weight excluding hydrogens is 314 g/mol. The number of amides is 1. The van der Waals surface area contributed by atoms with Crippen LogP contribution in [0, 0.1) is 12.8 Å². The Bertz CT molecular complexity index is 817. The van der Waals surface area contributed by atoms with Gasteiger partial charge in [0.15, 0.2) is 0 Å². The van der Waals surface area contributed by atoms with Crippen LogP contribution < -0.4 is 5.56 Å². The maximum atomic E-state index is 12.4. The SMILES string of the molecule is Cc1ccc2cc(CN3CCN(C(=O)CC(C)C)CC3)c(=O)[nH]c2c1. The topological polar surface area (TPSA) is 56.4 Å². The molecule has 0 atom stereocenters. The van der Waals surface area contributed by atoms with Crippen molar-refractivity contribution in [3.63, 3.8) is 0 Å². The number of fused-ring (bicyclic) bond motifs is 1. The average molecular weight is 341 g/mol. The Balaban J connectivity index is 1.65. The zero-order valence-corrected chi connectivity index (χ0v) is 15.3. The molecule has 1 saturated heterocycles. The number of carbonyl (C=O) groups excluding carboxylic acids is 1. The highest BCUT2D eigenvalue weighted by Gasteiger charge is 2.22. The van der Waals surface area contributed by atoms with Gasteiger partial charge < -0.3 is 9.88 Å². The summed E-state index contributed by atoms with van der Waals surface area (Å²) in [5.74, 6) is 0.638. The lowest BCUT2D eigenvalue weighted by atomic mass is 10.1. The number of carbonyl (C=O) groups is 1. The number of pyridine rings is 1. The van der Waals surface area contributed by atoms with Crippen molar-refractivity contribution in [3.05, 3.63) is 45.7 Å². The van der Waals surface area contributed by atoms with Gasteiger partial charge in [-0.05, 0) is 35.9 Å². The van der Waals surface area contributed by atoms with Crippen molar-refractivity contribution in [2.24, 2.45) is 5.92 Å². The molecule has 1 fully saturated rings. The maximum Gasteiger partial charge on any atom is 0.252 e. The van der Waals surface area contributed by atoms with E-state index in [4.69, 9.17) is 0 Å². The summed E-state index contributed by atoms with van der Waals surface area (Å²) in [5, 5.41) is 1.06. The first kappa shape index (κ1) is 17.7. The Hall–Kier alpha value is -2.14. The van der Waals surface area contributed by atoms with E-state index >= 15 is 0 Å². The highest BCUT2D eigenvalue weighted by Crippen LogP contribution is 2.15. The number of hydrogen-bond acceptors (Lipinski definition) is 3. The van der Waals surface area contributed by atoms with E-state index < -0.39 is 0 Å². The van der Waals surface area contributed by atoms with Crippen LogP contribution in [0.4, 0.5) is 0 Å². The minimum atomic E-state index is -0.0172. The van der Waals surface area contributed by atoms with Gasteiger partial charge in [-0.1, -0.05) is 26.0 Å². The van der Waals surface area contributed by atoms with Crippen molar-refractivity contribution >= 4 is 16.8 Å². The number of rotatable bonds is 4. The lowest BCUT2D eigenvalue weighted by molar-refractivity contribution is -0.133. The van der Waals surface area contributed by atoms with Gasteiger partial charge in [0, 0.05) is 50.2 Å². The number of aromatic amines is 1. The molecular formula is C20H27N3O2. The molecule has 2 heterocycles. The molecule has 0 saturated carbocycles. The molecule has 1 aliphatic rings. The number of nitrogens with zero attached hydrogens (tertiary/aromatic N) is 2. The second-order valence-electron chi connectivity index (χ2n) is 7.47. The third kappa shape index (κ3) is 4.28. The fourth-order valence-corrected chi connectivity index (χ4v) is 3.35. The largest absolute Gasteiger partial charge is 0.340 e. The van der Waals surface area contributed by atoms with E-state index in [9.17, 15) is 9.59 Å². The highest BCUT2D eigenvalue weighted by atomic mass is 16.2. The fourth-order valence-electron chi connectivity index (χ4n) is 3.35. The molecule has 0 aliphatic carbocycles. The molecule has 1 aromatic heterocycles. The Morgan fingerprint density at radius 2 is 1.88 bits per heavy atom. The molecule has 5 heteroatoms. The van der Waals surface area contributed by atoms with Crippen molar-refractivity contribution in [2.75, 3.05) is 26.2 Å². The lowest BCUT2D eigenvalue weighted by Gasteiger charge is -2.35. The molecule has 25 heavy (non-hydrogen) atoms. The number of aryl methyl sites for hydroxylation is 1. The van der Waals surface area contributed by atoms with Gasteiger partial charge in [0.25, 0.3) is 5.56 Å². The van der Waals surface area contributed by atoms with Crippen molar-refractivity contribution in [2.45, 2.75) is 33.7 Å². The first-order chi connectivity index (χ1) is 11.9. The fraction of sp³-hybridized carbons (Fsp3) is 0.500. The summed E-state index contributed by atoms with van der Waals surface area (Å²) in [5.41, 5.74) is 2.80. The number of hydrogen-bond donors (Lipinski definition) is 1. The van der Waals surface area contributed by atoms with Crippen LogP contribution in [0.25, 0.3) is 10.9 Å². The van der Waals surface area contributed by atoms with Crippen LogP contribution in [-0.4, -0.2) is 46.9 Å². The Morgan fingerprint density at radius 1 is 1.16 bits per heavy atom. The van der Waals surface area contributed by atoms with E-state index in [2.05, 4.69) is 29.8 Å². The van der Waals surface area contributed by atoms with E-state index in [0.29, 0.717) is 18.9 Å². The molecule has 0 spiro atoms. The normalized spacial score (nSPS) is 15.9. The smallest absolute Gasteiger partial charge is 0.252 e. The maximum absolute atomic E-state index is 12.4. The summed E-state index contributed by atoms with van der Waals surface area (Å²) in [6, 6.07) is 8.10. The van der Waals surface area contributed by atoms with Crippen molar-refractivity contribution in [3.8, 4) is 0 Å². The summed E-state index contributed by atoms with van der Waals surface area (Å²) in [7, 11) is 0. The van der Waals surface area contributed by atoms with Crippen molar-refractivity contribution in [1.82, 2.24) is 14.8 Å². The highest BCUT2D eigenvalue weighted by molar-refractivity contribution is 5.79. The first-order valence-electron chi connectivity index (χ1n) is 9.05. The second-order valence-corrected chi connectivity index (χ2v) is 7.47. The molecule has 1 N–H and O–H groups in total. The van der Waals surface area contributed by atoms with Crippen molar-refractivity contribution in [1.29, 1.82) is 0 Å². The minimum absolute atomic E-state index is 0.0172.